The van der Waals surface area contributed by atoms with Gasteiger partial charge in [-0.2, -0.15) is 4.31 Å². The number of sulfonamides is 1. The van der Waals surface area contributed by atoms with Crippen molar-refractivity contribution in [3.8, 4) is 0 Å². The first-order valence-corrected chi connectivity index (χ1v) is 8.57. The molecule has 114 valence electrons. The summed E-state index contributed by atoms with van der Waals surface area (Å²) in [6.07, 6.45) is 0. The lowest BCUT2D eigenvalue weighted by Gasteiger charge is -2.27. The Balaban J connectivity index is 3.37. The van der Waals surface area contributed by atoms with Gasteiger partial charge in [-0.1, -0.05) is 13.8 Å². The third-order valence-corrected chi connectivity index (χ3v) is 5.50. The highest BCUT2D eigenvalue weighted by Gasteiger charge is 2.30. The van der Waals surface area contributed by atoms with E-state index in [4.69, 9.17) is 5.73 Å². The summed E-state index contributed by atoms with van der Waals surface area (Å²) in [5, 5.41) is 0. The Kier molecular flexibility index (Phi) is 5.57. The van der Waals surface area contributed by atoms with E-state index in [1.807, 2.05) is 13.8 Å². The Labute approximate surface area is 128 Å². The Morgan fingerprint density at radius 3 is 2.30 bits per heavy atom. The average molecular weight is 367 g/mol. The molecule has 0 aromatic heterocycles. The summed E-state index contributed by atoms with van der Waals surface area (Å²) in [7, 11) is -3.91. The van der Waals surface area contributed by atoms with Gasteiger partial charge in [0.1, 0.15) is 10.7 Å². The molecule has 7 heteroatoms. The molecule has 0 radical (unpaired) electrons. The molecule has 0 heterocycles. The van der Waals surface area contributed by atoms with Crippen molar-refractivity contribution in [2.45, 2.75) is 38.6 Å². The maximum atomic E-state index is 14.0. The third kappa shape index (κ3) is 3.71. The van der Waals surface area contributed by atoms with Crippen LogP contribution in [0, 0.1) is 11.7 Å². The first-order valence-electron chi connectivity index (χ1n) is 6.33. The van der Waals surface area contributed by atoms with E-state index in [1.54, 1.807) is 13.8 Å². The van der Waals surface area contributed by atoms with Crippen LogP contribution in [-0.2, 0) is 10.0 Å². The third-order valence-electron chi connectivity index (χ3n) is 2.76. The van der Waals surface area contributed by atoms with Crippen molar-refractivity contribution < 1.29 is 12.8 Å². The molecule has 1 rings (SSSR count). The predicted molar refractivity (Wildman–Crippen MR) is 82.4 cm³/mol. The molecular weight excluding hydrogens is 347 g/mol. The molecular formula is C13H20BrFN2O2S. The lowest BCUT2D eigenvalue weighted by molar-refractivity contribution is 0.317. The number of benzene rings is 1. The van der Waals surface area contributed by atoms with Crippen LogP contribution in [0.2, 0.25) is 0 Å². The van der Waals surface area contributed by atoms with Crippen molar-refractivity contribution in [2.75, 3.05) is 12.3 Å². The van der Waals surface area contributed by atoms with Crippen molar-refractivity contribution in [1.82, 2.24) is 4.31 Å². The summed E-state index contributed by atoms with van der Waals surface area (Å²) in [6.45, 7) is 7.68. The van der Waals surface area contributed by atoms with Gasteiger partial charge in [0.15, 0.2) is 0 Å². The molecule has 0 saturated carbocycles. The highest BCUT2D eigenvalue weighted by atomic mass is 79.9. The summed E-state index contributed by atoms with van der Waals surface area (Å²) in [4.78, 5) is -0.382. The van der Waals surface area contributed by atoms with Crippen molar-refractivity contribution in [3.63, 3.8) is 0 Å². The van der Waals surface area contributed by atoms with Crippen LogP contribution in [0.15, 0.2) is 21.5 Å². The number of nitrogen functional groups attached to an aromatic ring is 1. The van der Waals surface area contributed by atoms with Gasteiger partial charge >= 0.3 is 0 Å². The Morgan fingerprint density at radius 1 is 1.30 bits per heavy atom. The second-order valence-corrected chi connectivity index (χ2v) is 8.08. The van der Waals surface area contributed by atoms with E-state index < -0.39 is 15.8 Å². The fraction of sp³-hybridized carbons (Fsp3) is 0.538. The molecule has 0 aliphatic carbocycles. The maximum Gasteiger partial charge on any atom is 0.246 e. The molecule has 0 spiro atoms. The van der Waals surface area contributed by atoms with Gasteiger partial charge in [-0.15, -0.1) is 0 Å². The topological polar surface area (TPSA) is 63.4 Å². The van der Waals surface area contributed by atoms with Crippen LogP contribution in [0.5, 0.6) is 0 Å². The Bertz CT molecular complexity index is 588. The fourth-order valence-corrected chi connectivity index (χ4v) is 4.01. The summed E-state index contributed by atoms with van der Waals surface area (Å²) < 4.78 is 40.8. The molecule has 2 N–H and O–H groups in total. The number of hydrogen-bond acceptors (Lipinski definition) is 3. The second kappa shape index (κ2) is 6.41. The normalized spacial score (nSPS) is 12.7. The molecule has 4 nitrogen and oxygen atoms in total. The zero-order valence-electron chi connectivity index (χ0n) is 12.0. The number of halogens is 2. The van der Waals surface area contributed by atoms with Gasteiger partial charge in [0.25, 0.3) is 0 Å². The summed E-state index contributed by atoms with van der Waals surface area (Å²) in [6, 6.07) is 1.98. The lowest BCUT2D eigenvalue weighted by atomic mass is 10.2. The van der Waals surface area contributed by atoms with Crippen LogP contribution in [0.1, 0.15) is 27.7 Å². The average Bonchev–Trinajstić information content (AvgIpc) is 2.29. The van der Waals surface area contributed by atoms with Crippen molar-refractivity contribution >= 4 is 31.6 Å². The molecule has 0 fully saturated rings. The quantitative estimate of drug-likeness (QED) is 0.813. The minimum atomic E-state index is -3.91. The first kappa shape index (κ1) is 17.4. The van der Waals surface area contributed by atoms with E-state index in [2.05, 4.69) is 15.9 Å². The van der Waals surface area contributed by atoms with Crippen LogP contribution >= 0.6 is 15.9 Å². The molecule has 1 aromatic rings. The van der Waals surface area contributed by atoms with Gasteiger partial charge in [0, 0.05) is 22.7 Å². The van der Waals surface area contributed by atoms with Crippen LogP contribution in [-0.4, -0.2) is 25.3 Å². The standard InChI is InChI=1S/C13H20BrFN2O2S/c1-8(2)7-17(9(3)4)20(18,19)13-6-12(16)10(14)5-11(13)15/h5-6,8-9H,7,16H2,1-4H3. The van der Waals surface area contributed by atoms with E-state index in [9.17, 15) is 12.8 Å². The van der Waals surface area contributed by atoms with Crippen LogP contribution in [0.4, 0.5) is 10.1 Å². The SMILES string of the molecule is CC(C)CN(C(C)C)S(=O)(=O)c1cc(N)c(Br)cc1F. The van der Waals surface area contributed by atoms with E-state index >= 15 is 0 Å². The molecule has 0 atom stereocenters. The van der Waals surface area contributed by atoms with Crippen LogP contribution < -0.4 is 5.73 Å². The van der Waals surface area contributed by atoms with Gasteiger partial charge in [-0.3, -0.25) is 0 Å². The van der Waals surface area contributed by atoms with Gasteiger partial charge < -0.3 is 5.73 Å². The molecule has 20 heavy (non-hydrogen) atoms. The molecule has 1 aromatic carbocycles. The van der Waals surface area contributed by atoms with Crippen molar-refractivity contribution in [2.24, 2.45) is 5.92 Å². The lowest BCUT2D eigenvalue weighted by Crippen LogP contribution is -2.39. The number of hydrogen-bond donors (Lipinski definition) is 1. The number of nitrogens with two attached hydrogens (primary N) is 1. The van der Waals surface area contributed by atoms with Crippen molar-refractivity contribution in [3.05, 3.63) is 22.4 Å². The molecule has 0 unspecified atom stereocenters. The van der Waals surface area contributed by atoms with Gasteiger partial charge in [-0.05, 0) is 47.8 Å². The first-order chi connectivity index (χ1) is 9.07. The fourth-order valence-electron chi connectivity index (χ4n) is 1.82. The second-order valence-electron chi connectivity index (χ2n) is 5.37. The van der Waals surface area contributed by atoms with Crippen molar-refractivity contribution in [1.29, 1.82) is 0 Å². The molecule has 0 bridgehead atoms. The van der Waals surface area contributed by atoms with Gasteiger partial charge in [0.05, 0.1) is 0 Å². The zero-order chi connectivity index (χ0) is 15.7. The van der Waals surface area contributed by atoms with E-state index in [1.165, 1.54) is 4.31 Å². The largest absolute Gasteiger partial charge is 0.398 e. The zero-order valence-corrected chi connectivity index (χ0v) is 14.4. The van der Waals surface area contributed by atoms with Gasteiger partial charge in [0.2, 0.25) is 10.0 Å². The summed E-state index contributed by atoms with van der Waals surface area (Å²) >= 11 is 3.08. The minimum absolute atomic E-state index is 0.142. The van der Waals surface area contributed by atoms with E-state index in [0.29, 0.717) is 11.0 Å². The maximum absolute atomic E-state index is 14.0. The van der Waals surface area contributed by atoms with Gasteiger partial charge in [-0.25, -0.2) is 12.8 Å². The molecule has 0 saturated heterocycles. The van der Waals surface area contributed by atoms with E-state index in [0.717, 1.165) is 12.1 Å². The summed E-state index contributed by atoms with van der Waals surface area (Å²) in [5.41, 5.74) is 5.86. The highest BCUT2D eigenvalue weighted by molar-refractivity contribution is 9.10. The monoisotopic (exact) mass is 366 g/mol. The Hall–Kier alpha value is -0.660. The molecule has 0 aliphatic rings. The van der Waals surface area contributed by atoms with E-state index in [-0.39, 0.29) is 22.5 Å². The highest BCUT2D eigenvalue weighted by Crippen LogP contribution is 2.29. The minimum Gasteiger partial charge on any atom is -0.398 e. The number of nitrogens with zero attached hydrogens (tertiary/aromatic N) is 1. The smallest absolute Gasteiger partial charge is 0.246 e. The number of rotatable bonds is 5. The predicted octanol–water partition coefficient (Wildman–Crippen LogP) is 3.23. The number of anilines is 1. The van der Waals surface area contributed by atoms with Crippen LogP contribution in [0.3, 0.4) is 0 Å². The molecule has 0 amide bonds. The Morgan fingerprint density at radius 2 is 1.85 bits per heavy atom. The molecule has 0 aliphatic heterocycles. The summed E-state index contributed by atoms with van der Waals surface area (Å²) in [5.74, 6) is -0.663. The van der Waals surface area contributed by atoms with Crippen LogP contribution in [0.25, 0.3) is 0 Å².